The average molecular weight is 467 g/mol. The zero-order valence-corrected chi connectivity index (χ0v) is 19.4. The Bertz CT molecular complexity index is 367. The second kappa shape index (κ2) is 21.2. The topological polar surface area (TPSA) is 92.3 Å². The van der Waals surface area contributed by atoms with Crippen molar-refractivity contribution in [1.82, 2.24) is 0 Å². The molecule has 0 aromatic rings. The Morgan fingerprint density at radius 2 is 0.375 bits per heavy atom. The lowest BCUT2D eigenvalue weighted by atomic mass is 9.95. The largest absolute Gasteiger partial charge is 0.379 e. The summed E-state index contributed by atoms with van der Waals surface area (Å²) >= 11 is 0. The van der Waals surface area contributed by atoms with Gasteiger partial charge < -0.3 is 47.4 Å². The van der Waals surface area contributed by atoms with Gasteiger partial charge in [0.1, 0.15) is 0 Å². The number of hydrogen-bond donors (Lipinski definition) is 0. The van der Waals surface area contributed by atoms with Crippen LogP contribution in [0.1, 0.15) is 0 Å². The van der Waals surface area contributed by atoms with Crippen molar-refractivity contribution in [2.24, 2.45) is 11.8 Å². The fourth-order valence-corrected chi connectivity index (χ4v) is 3.13. The van der Waals surface area contributed by atoms with Gasteiger partial charge in [-0.05, 0) is 0 Å². The van der Waals surface area contributed by atoms with Crippen molar-refractivity contribution in [3.8, 4) is 0 Å². The van der Waals surface area contributed by atoms with Gasteiger partial charge in [0, 0.05) is 11.8 Å². The molecule has 2 aliphatic rings. The lowest BCUT2D eigenvalue weighted by Crippen LogP contribution is -2.33. The SMILES string of the molecule is C1COCCOCCOCC(C2COCCOCCOCCOC2)COCCOCCO1. The first-order chi connectivity index (χ1) is 16.0. The molecule has 0 aromatic carbocycles. The highest BCUT2D eigenvalue weighted by molar-refractivity contribution is 4.70. The van der Waals surface area contributed by atoms with E-state index in [9.17, 15) is 0 Å². The van der Waals surface area contributed by atoms with Crippen LogP contribution < -0.4 is 0 Å². The maximum Gasteiger partial charge on any atom is 0.0701 e. The van der Waals surface area contributed by atoms with Gasteiger partial charge in [-0.2, -0.15) is 0 Å². The Kier molecular flexibility index (Phi) is 18.4. The molecule has 2 saturated heterocycles. The second-order valence-corrected chi connectivity index (χ2v) is 7.49. The quantitative estimate of drug-likeness (QED) is 0.541. The normalized spacial score (nSPS) is 25.9. The first kappa shape index (κ1) is 27.8. The van der Waals surface area contributed by atoms with Crippen molar-refractivity contribution in [2.75, 3.05) is 132 Å². The zero-order valence-electron chi connectivity index (χ0n) is 19.4. The number of hydrogen-bond acceptors (Lipinski definition) is 10. The first-order valence-corrected chi connectivity index (χ1v) is 11.7. The molecule has 2 fully saturated rings. The van der Waals surface area contributed by atoms with E-state index in [1.807, 2.05) is 0 Å². The smallest absolute Gasteiger partial charge is 0.0701 e. The van der Waals surface area contributed by atoms with Crippen molar-refractivity contribution in [3.63, 3.8) is 0 Å². The minimum atomic E-state index is 0.121. The van der Waals surface area contributed by atoms with Gasteiger partial charge in [-0.3, -0.25) is 0 Å². The molecule has 0 spiro atoms. The summed E-state index contributed by atoms with van der Waals surface area (Å²) < 4.78 is 56.6. The van der Waals surface area contributed by atoms with Crippen LogP contribution in [-0.2, 0) is 47.4 Å². The summed E-state index contributed by atoms with van der Waals surface area (Å²) in [7, 11) is 0. The molecule has 0 aromatic heterocycles. The Hall–Kier alpha value is -0.400. The molecule has 10 heteroatoms. The van der Waals surface area contributed by atoms with Crippen molar-refractivity contribution in [2.45, 2.75) is 0 Å². The van der Waals surface area contributed by atoms with E-state index in [4.69, 9.17) is 47.4 Å². The molecule has 0 saturated carbocycles. The summed E-state index contributed by atoms with van der Waals surface area (Å²) in [5.74, 6) is 0.254. The van der Waals surface area contributed by atoms with Crippen LogP contribution in [0.3, 0.4) is 0 Å². The molecule has 2 rings (SSSR count). The standard InChI is InChI=1S/C22H42O10/c1-2-24-4-6-26-10-14-30-18-21(17-29-13-9-25-5-3-23-1)22-19-31-15-11-27-7-8-28-12-16-32-20-22/h21-22H,1-20H2. The van der Waals surface area contributed by atoms with Crippen LogP contribution >= 0.6 is 0 Å². The van der Waals surface area contributed by atoms with Gasteiger partial charge in [0.05, 0.1) is 132 Å². The third-order valence-corrected chi connectivity index (χ3v) is 4.97. The van der Waals surface area contributed by atoms with E-state index in [-0.39, 0.29) is 11.8 Å². The van der Waals surface area contributed by atoms with E-state index in [0.29, 0.717) is 132 Å². The predicted molar refractivity (Wildman–Crippen MR) is 115 cm³/mol. The van der Waals surface area contributed by atoms with Gasteiger partial charge in [0.2, 0.25) is 0 Å². The van der Waals surface area contributed by atoms with E-state index < -0.39 is 0 Å². The molecule has 190 valence electrons. The van der Waals surface area contributed by atoms with Gasteiger partial charge in [-0.15, -0.1) is 0 Å². The van der Waals surface area contributed by atoms with Crippen molar-refractivity contribution in [1.29, 1.82) is 0 Å². The zero-order chi connectivity index (χ0) is 22.4. The fourth-order valence-electron chi connectivity index (χ4n) is 3.13. The van der Waals surface area contributed by atoms with Gasteiger partial charge in [0.25, 0.3) is 0 Å². The highest BCUT2D eigenvalue weighted by Crippen LogP contribution is 2.16. The summed E-state index contributed by atoms with van der Waals surface area (Å²) in [6.45, 7) is 10.8. The van der Waals surface area contributed by atoms with E-state index in [1.54, 1.807) is 0 Å². The van der Waals surface area contributed by atoms with E-state index in [2.05, 4.69) is 0 Å². The Morgan fingerprint density at radius 3 is 0.562 bits per heavy atom. The third-order valence-electron chi connectivity index (χ3n) is 4.97. The molecule has 0 unspecified atom stereocenters. The highest BCUT2D eigenvalue weighted by atomic mass is 16.6. The predicted octanol–water partition coefficient (Wildman–Crippen LogP) is 0.412. The van der Waals surface area contributed by atoms with Crippen molar-refractivity contribution in [3.05, 3.63) is 0 Å². The molecule has 0 aliphatic carbocycles. The van der Waals surface area contributed by atoms with Crippen LogP contribution in [0.15, 0.2) is 0 Å². The second-order valence-electron chi connectivity index (χ2n) is 7.49. The van der Waals surface area contributed by atoms with E-state index in [1.165, 1.54) is 0 Å². The first-order valence-electron chi connectivity index (χ1n) is 11.7. The lowest BCUT2D eigenvalue weighted by Gasteiger charge is -2.27. The monoisotopic (exact) mass is 466 g/mol. The number of rotatable bonds is 1. The average Bonchev–Trinajstić information content (AvgIpc) is 2.83. The molecule has 2 aliphatic heterocycles. The summed E-state index contributed by atoms with van der Waals surface area (Å²) in [6.07, 6.45) is 0. The van der Waals surface area contributed by atoms with Gasteiger partial charge in [-0.1, -0.05) is 0 Å². The Labute approximate surface area is 192 Å². The minimum Gasteiger partial charge on any atom is -0.379 e. The van der Waals surface area contributed by atoms with Gasteiger partial charge in [0.15, 0.2) is 0 Å². The number of ether oxygens (including phenoxy) is 10. The molecule has 0 amide bonds. The van der Waals surface area contributed by atoms with Crippen molar-refractivity contribution >= 4 is 0 Å². The van der Waals surface area contributed by atoms with Gasteiger partial charge >= 0.3 is 0 Å². The third kappa shape index (κ3) is 15.4. The maximum absolute atomic E-state index is 5.90. The minimum absolute atomic E-state index is 0.121. The summed E-state index contributed by atoms with van der Waals surface area (Å²) in [5, 5.41) is 0. The summed E-state index contributed by atoms with van der Waals surface area (Å²) in [5.41, 5.74) is 0. The van der Waals surface area contributed by atoms with E-state index >= 15 is 0 Å². The Balaban J connectivity index is 1.81. The van der Waals surface area contributed by atoms with Crippen LogP contribution in [0.2, 0.25) is 0 Å². The lowest BCUT2D eigenvalue weighted by molar-refractivity contribution is -0.0590. The molecule has 0 atom stereocenters. The molecule has 0 N–H and O–H groups in total. The van der Waals surface area contributed by atoms with Crippen molar-refractivity contribution < 1.29 is 47.4 Å². The van der Waals surface area contributed by atoms with Crippen LogP contribution in [0.4, 0.5) is 0 Å². The molecule has 0 radical (unpaired) electrons. The van der Waals surface area contributed by atoms with Gasteiger partial charge in [-0.25, -0.2) is 0 Å². The molecule has 10 nitrogen and oxygen atoms in total. The van der Waals surface area contributed by atoms with Crippen LogP contribution in [0.25, 0.3) is 0 Å². The summed E-state index contributed by atoms with van der Waals surface area (Å²) in [6, 6.07) is 0. The maximum atomic E-state index is 5.90. The molecule has 0 bridgehead atoms. The molecule has 2 heterocycles. The van der Waals surface area contributed by atoms with Crippen LogP contribution in [-0.4, -0.2) is 132 Å². The fraction of sp³-hybridized carbons (Fsp3) is 1.00. The molecular weight excluding hydrogens is 424 g/mol. The summed E-state index contributed by atoms with van der Waals surface area (Å²) in [4.78, 5) is 0. The van der Waals surface area contributed by atoms with Crippen LogP contribution in [0.5, 0.6) is 0 Å². The van der Waals surface area contributed by atoms with E-state index in [0.717, 1.165) is 0 Å². The molecular formula is C22H42O10. The molecule has 32 heavy (non-hydrogen) atoms. The van der Waals surface area contributed by atoms with Crippen LogP contribution in [0, 0.1) is 11.8 Å². The Morgan fingerprint density at radius 1 is 0.219 bits per heavy atom. The highest BCUT2D eigenvalue weighted by Gasteiger charge is 2.23.